The number of pyridine rings is 1. The predicted octanol–water partition coefficient (Wildman–Crippen LogP) is 1.28. The highest BCUT2D eigenvalue weighted by Crippen LogP contribution is 2.73. The smallest absolute Gasteiger partial charge is 0.287 e. The molecule has 6 rings (SSSR count). The zero-order valence-corrected chi connectivity index (χ0v) is 25.7. The Hall–Kier alpha value is -4.29. The van der Waals surface area contributed by atoms with Crippen LogP contribution in [0.1, 0.15) is 76.3 Å². The largest absolute Gasteiger partial charge is 0.350 e. The Morgan fingerprint density at radius 1 is 1.07 bits per heavy atom. The summed E-state index contributed by atoms with van der Waals surface area (Å²) in [6, 6.07) is 1.69. The maximum atomic E-state index is 13.3. The van der Waals surface area contributed by atoms with E-state index in [1.165, 1.54) is 40.4 Å². The molecule has 13 nitrogen and oxygen atoms in total. The maximum absolute atomic E-state index is 13.3. The van der Waals surface area contributed by atoms with Crippen molar-refractivity contribution in [1.82, 2.24) is 30.1 Å². The Kier molecular flexibility index (Phi) is 8.25. The van der Waals surface area contributed by atoms with Gasteiger partial charge in [-0.25, -0.2) is 4.98 Å². The number of hydrogen-bond donors (Lipinski definition) is 4. The van der Waals surface area contributed by atoms with Crippen molar-refractivity contribution in [2.45, 2.75) is 83.8 Å². The summed E-state index contributed by atoms with van der Waals surface area (Å²) in [6.07, 6.45) is 9.21. The molecular formula is C31H41N7O6. The van der Waals surface area contributed by atoms with E-state index in [0.29, 0.717) is 5.92 Å². The third-order valence-corrected chi connectivity index (χ3v) is 9.97. The van der Waals surface area contributed by atoms with E-state index in [9.17, 15) is 28.8 Å². The number of amides is 4. The molecule has 4 saturated carbocycles. The van der Waals surface area contributed by atoms with Gasteiger partial charge in [0.05, 0.1) is 0 Å². The first-order chi connectivity index (χ1) is 20.8. The molecule has 4 amide bonds. The first-order valence-corrected chi connectivity index (χ1v) is 15.2. The van der Waals surface area contributed by atoms with Crippen molar-refractivity contribution >= 4 is 35.1 Å². The van der Waals surface area contributed by atoms with Crippen molar-refractivity contribution in [2.24, 2.45) is 23.8 Å². The minimum absolute atomic E-state index is 0.0391. The van der Waals surface area contributed by atoms with E-state index >= 15 is 0 Å². The molecule has 2 aromatic heterocycles. The van der Waals surface area contributed by atoms with Crippen LogP contribution in [0.4, 0.5) is 5.69 Å². The van der Waals surface area contributed by atoms with Gasteiger partial charge in [0, 0.05) is 44.1 Å². The monoisotopic (exact) mass is 607 g/mol. The van der Waals surface area contributed by atoms with E-state index in [0.717, 1.165) is 19.3 Å². The second-order valence-electron chi connectivity index (χ2n) is 13.3. The van der Waals surface area contributed by atoms with Crippen LogP contribution in [0, 0.1) is 16.7 Å². The van der Waals surface area contributed by atoms with Crippen LogP contribution in [0.5, 0.6) is 0 Å². The fourth-order valence-electron chi connectivity index (χ4n) is 8.14. The highest BCUT2D eigenvalue weighted by molar-refractivity contribution is 6.36. The van der Waals surface area contributed by atoms with Gasteiger partial charge in [0.15, 0.2) is 5.82 Å². The lowest BCUT2D eigenvalue weighted by Crippen LogP contribution is -2.52. The number of hydrogen-bond acceptors (Lipinski definition) is 7. The van der Waals surface area contributed by atoms with E-state index < -0.39 is 35.1 Å². The van der Waals surface area contributed by atoms with Gasteiger partial charge in [0.1, 0.15) is 18.3 Å². The van der Waals surface area contributed by atoms with Crippen LogP contribution in [-0.2, 0) is 32.8 Å². The van der Waals surface area contributed by atoms with Crippen molar-refractivity contribution in [3.63, 3.8) is 0 Å². The highest BCUT2D eigenvalue weighted by Gasteiger charge is 2.68. The summed E-state index contributed by atoms with van der Waals surface area (Å²) >= 11 is 0. The van der Waals surface area contributed by atoms with Crippen molar-refractivity contribution in [3.05, 3.63) is 46.9 Å². The summed E-state index contributed by atoms with van der Waals surface area (Å²) in [7, 11) is 1.61. The summed E-state index contributed by atoms with van der Waals surface area (Å²) in [5.74, 6) is -2.55. The zero-order chi connectivity index (χ0) is 31.9. The maximum Gasteiger partial charge on any atom is 0.287 e. The van der Waals surface area contributed by atoms with Gasteiger partial charge in [-0.1, -0.05) is 13.8 Å². The fourth-order valence-corrected chi connectivity index (χ4v) is 8.14. The molecule has 236 valence electrons. The third kappa shape index (κ3) is 5.91. The van der Waals surface area contributed by atoms with Crippen LogP contribution in [0.2, 0.25) is 0 Å². The second-order valence-corrected chi connectivity index (χ2v) is 13.3. The molecule has 0 spiro atoms. The standard InChI is InChI=1S/C31H41N7O6/c1-5-32-26(42)22(39)9-8-20(34-27(43)24-33-10-12-37(24)4)25(41)35-21-7-6-11-38(28(21)44)16-23(40)36-31-15-19-13-29(2,17-31)30(3,14-19)18-31/h6-7,10-12,19-20H,5,8-9,13-18H2,1-4H3,(H,32,42)(H,34,43)(H,35,41)(H,36,40)/t19?,20-,29?,30?,31?/m0/s1. The predicted molar refractivity (Wildman–Crippen MR) is 160 cm³/mol. The molecule has 4 N–H and O–H groups in total. The van der Waals surface area contributed by atoms with Crippen LogP contribution in [0.25, 0.3) is 0 Å². The van der Waals surface area contributed by atoms with E-state index in [2.05, 4.69) is 40.1 Å². The van der Waals surface area contributed by atoms with Crippen LogP contribution in [-0.4, -0.2) is 61.7 Å². The van der Waals surface area contributed by atoms with Gasteiger partial charge in [0.25, 0.3) is 17.4 Å². The average Bonchev–Trinajstić information content (AvgIpc) is 3.49. The van der Waals surface area contributed by atoms with Gasteiger partial charge < -0.3 is 30.4 Å². The minimum Gasteiger partial charge on any atom is -0.350 e. The number of nitrogens with one attached hydrogen (secondary N) is 4. The summed E-state index contributed by atoms with van der Waals surface area (Å²) in [5.41, 5.74) is -0.486. The van der Waals surface area contributed by atoms with Gasteiger partial charge in [-0.05, 0) is 74.3 Å². The van der Waals surface area contributed by atoms with Gasteiger partial charge >= 0.3 is 0 Å². The number of anilines is 1. The average molecular weight is 608 g/mol. The highest BCUT2D eigenvalue weighted by atomic mass is 16.2. The molecule has 4 fully saturated rings. The van der Waals surface area contributed by atoms with Crippen molar-refractivity contribution in [1.29, 1.82) is 0 Å². The molecule has 0 saturated heterocycles. The molecule has 3 atom stereocenters. The molecule has 4 aliphatic carbocycles. The fraction of sp³-hybridized carbons (Fsp3) is 0.581. The van der Waals surface area contributed by atoms with Gasteiger partial charge in [-0.2, -0.15) is 0 Å². The Labute approximate surface area is 255 Å². The van der Waals surface area contributed by atoms with Gasteiger partial charge in [0.2, 0.25) is 17.6 Å². The van der Waals surface area contributed by atoms with E-state index in [4.69, 9.17) is 0 Å². The number of aryl methyl sites for hydroxylation is 1. The van der Waals surface area contributed by atoms with E-state index in [1.807, 2.05) is 0 Å². The number of imidazole rings is 1. The van der Waals surface area contributed by atoms with Crippen molar-refractivity contribution in [2.75, 3.05) is 11.9 Å². The lowest BCUT2D eigenvalue weighted by atomic mass is 9.71. The molecule has 2 aromatic rings. The molecule has 13 heteroatoms. The van der Waals surface area contributed by atoms with E-state index in [-0.39, 0.29) is 59.7 Å². The molecule has 0 aromatic carbocycles. The first kappa shape index (κ1) is 31.1. The number of nitrogens with zero attached hydrogens (tertiary/aromatic N) is 3. The number of Topliss-reactive ketones (excluding diaryl/α,β-unsaturated/α-hetero) is 1. The Balaban J connectivity index is 1.26. The number of likely N-dealkylation sites (N-methyl/N-ethyl adjacent to an activating group) is 1. The molecule has 2 unspecified atom stereocenters. The Morgan fingerprint density at radius 2 is 1.77 bits per heavy atom. The molecular weight excluding hydrogens is 566 g/mol. The molecule has 4 aliphatic rings. The Morgan fingerprint density at radius 3 is 2.39 bits per heavy atom. The van der Waals surface area contributed by atoms with Crippen molar-refractivity contribution < 1.29 is 24.0 Å². The van der Waals surface area contributed by atoms with Crippen LogP contribution in [0.15, 0.2) is 35.5 Å². The molecule has 0 radical (unpaired) electrons. The summed E-state index contributed by atoms with van der Waals surface area (Å²) in [4.78, 5) is 80.9. The lowest BCUT2D eigenvalue weighted by molar-refractivity contribution is -0.138. The number of carbonyl (C=O) groups is 5. The number of carbonyl (C=O) groups excluding carboxylic acids is 5. The SMILES string of the molecule is CCNC(=O)C(=O)CC[C@H](NC(=O)c1nccn1C)C(=O)Nc1cccn(CC(=O)NC23CC4CC(C)(C2)C(C)(C4)C3)c1=O. The number of rotatable bonds is 12. The number of ketones is 1. The normalized spacial score (nSPS) is 27.0. The quantitative estimate of drug-likeness (QED) is 0.263. The second kappa shape index (κ2) is 11.7. The first-order valence-electron chi connectivity index (χ1n) is 15.2. The minimum atomic E-state index is -1.26. The van der Waals surface area contributed by atoms with Crippen LogP contribution >= 0.6 is 0 Å². The Bertz CT molecular complexity index is 1540. The van der Waals surface area contributed by atoms with Gasteiger partial charge in [-0.15, -0.1) is 0 Å². The third-order valence-electron chi connectivity index (χ3n) is 9.97. The summed E-state index contributed by atoms with van der Waals surface area (Å²) < 4.78 is 2.70. The summed E-state index contributed by atoms with van der Waals surface area (Å²) in [6.45, 7) is 6.40. The zero-order valence-electron chi connectivity index (χ0n) is 25.7. The molecule has 4 bridgehead atoms. The molecule has 2 heterocycles. The van der Waals surface area contributed by atoms with Crippen LogP contribution < -0.4 is 26.8 Å². The lowest BCUT2D eigenvalue weighted by Gasteiger charge is -2.41. The number of aromatic nitrogens is 3. The summed E-state index contributed by atoms with van der Waals surface area (Å²) in [5, 5.41) is 10.8. The molecule has 0 aliphatic heterocycles. The van der Waals surface area contributed by atoms with Crippen LogP contribution in [0.3, 0.4) is 0 Å². The van der Waals surface area contributed by atoms with Crippen molar-refractivity contribution in [3.8, 4) is 0 Å². The van der Waals surface area contributed by atoms with E-state index in [1.54, 1.807) is 26.2 Å². The van der Waals surface area contributed by atoms with Gasteiger partial charge in [-0.3, -0.25) is 28.8 Å². The topological polar surface area (TPSA) is 173 Å². The molecule has 44 heavy (non-hydrogen) atoms.